The van der Waals surface area contributed by atoms with Gasteiger partial charge in [0, 0.05) is 5.92 Å². The standard InChI is InChI=1S/C16H15N3O5S/c20-13(8-25-16-19-18-15(24-16)9-5-6-9)17-14(21)12-7-22-10-3-1-2-4-11(10)23-12/h1-4,9,12H,5-8H2,(H,17,20,21). The molecule has 0 bridgehead atoms. The minimum Gasteiger partial charge on any atom is -0.485 e. The molecule has 2 aromatic rings. The summed E-state index contributed by atoms with van der Waals surface area (Å²) in [6.45, 7) is 0.0533. The van der Waals surface area contributed by atoms with Gasteiger partial charge in [0.25, 0.3) is 11.1 Å². The minimum absolute atomic E-state index is 0.00219. The van der Waals surface area contributed by atoms with Crippen molar-refractivity contribution < 1.29 is 23.5 Å². The number of aromatic nitrogens is 2. The summed E-state index contributed by atoms with van der Waals surface area (Å²) in [7, 11) is 0. The van der Waals surface area contributed by atoms with Gasteiger partial charge in [0.05, 0.1) is 5.75 Å². The lowest BCUT2D eigenvalue weighted by Gasteiger charge is -2.25. The fourth-order valence-electron chi connectivity index (χ4n) is 2.30. The van der Waals surface area contributed by atoms with E-state index < -0.39 is 17.9 Å². The third-order valence-corrected chi connectivity index (χ3v) is 4.56. The van der Waals surface area contributed by atoms with Gasteiger partial charge in [-0.2, -0.15) is 0 Å². The average Bonchev–Trinajstić information content (AvgIpc) is 3.38. The van der Waals surface area contributed by atoms with Crippen LogP contribution in [0.25, 0.3) is 0 Å². The first kappa shape index (κ1) is 15.9. The number of amides is 2. The molecule has 25 heavy (non-hydrogen) atoms. The van der Waals surface area contributed by atoms with Gasteiger partial charge in [0.2, 0.25) is 17.9 Å². The second-order valence-corrected chi connectivity index (χ2v) is 6.67. The number of carbonyl (C=O) groups is 2. The van der Waals surface area contributed by atoms with Gasteiger partial charge in [0.1, 0.15) is 6.61 Å². The SMILES string of the molecule is O=C(CSc1nnc(C2CC2)o1)NC(=O)C1COc2ccccc2O1. The van der Waals surface area contributed by atoms with Crippen LogP contribution >= 0.6 is 11.8 Å². The second kappa shape index (κ2) is 6.75. The van der Waals surface area contributed by atoms with Crippen LogP contribution in [0.15, 0.2) is 33.9 Å². The number of para-hydroxylation sites is 2. The van der Waals surface area contributed by atoms with Crippen molar-refractivity contribution in [2.24, 2.45) is 0 Å². The predicted molar refractivity (Wildman–Crippen MR) is 86.5 cm³/mol. The number of carbonyl (C=O) groups excluding carboxylic acids is 2. The quantitative estimate of drug-likeness (QED) is 0.800. The normalized spacial score (nSPS) is 18.6. The zero-order chi connectivity index (χ0) is 17.2. The van der Waals surface area contributed by atoms with Crippen molar-refractivity contribution in [3.05, 3.63) is 30.2 Å². The zero-order valence-electron chi connectivity index (χ0n) is 13.1. The molecule has 8 nitrogen and oxygen atoms in total. The van der Waals surface area contributed by atoms with E-state index in [1.165, 1.54) is 0 Å². The van der Waals surface area contributed by atoms with Gasteiger partial charge in [-0.25, -0.2) is 0 Å². The van der Waals surface area contributed by atoms with E-state index in [1.54, 1.807) is 18.2 Å². The Balaban J connectivity index is 1.26. The van der Waals surface area contributed by atoms with Gasteiger partial charge in [-0.15, -0.1) is 10.2 Å². The number of nitrogens with one attached hydrogen (secondary N) is 1. The van der Waals surface area contributed by atoms with Gasteiger partial charge in [-0.3, -0.25) is 14.9 Å². The van der Waals surface area contributed by atoms with Crippen molar-refractivity contribution in [1.29, 1.82) is 0 Å². The molecule has 9 heteroatoms. The Morgan fingerprint density at radius 2 is 2.00 bits per heavy atom. The molecule has 1 N–H and O–H groups in total. The first-order valence-corrected chi connectivity index (χ1v) is 8.86. The van der Waals surface area contributed by atoms with Crippen LogP contribution in [0.4, 0.5) is 0 Å². The van der Waals surface area contributed by atoms with Crippen LogP contribution in [0.1, 0.15) is 24.7 Å². The van der Waals surface area contributed by atoms with E-state index in [2.05, 4.69) is 15.5 Å². The van der Waals surface area contributed by atoms with Crippen molar-refractivity contribution in [3.63, 3.8) is 0 Å². The van der Waals surface area contributed by atoms with E-state index in [-0.39, 0.29) is 12.4 Å². The summed E-state index contributed by atoms with van der Waals surface area (Å²) in [6, 6.07) is 7.06. The highest BCUT2D eigenvalue weighted by atomic mass is 32.2. The number of hydrogen-bond acceptors (Lipinski definition) is 8. The molecule has 1 aliphatic carbocycles. The topological polar surface area (TPSA) is 104 Å². The van der Waals surface area contributed by atoms with E-state index in [9.17, 15) is 9.59 Å². The molecule has 1 fully saturated rings. The molecule has 2 aliphatic rings. The van der Waals surface area contributed by atoms with Gasteiger partial charge in [0.15, 0.2) is 11.5 Å². The van der Waals surface area contributed by atoms with Gasteiger partial charge >= 0.3 is 0 Å². The monoisotopic (exact) mass is 361 g/mol. The van der Waals surface area contributed by atoms with Crippen molar-refractivity contribution in [2.75, 3.05) is 12.4 Å². The Labute approximate surface area is 147 Å². The van der Waals surface area contributed by atoms with E-state index in [0.717, 1.165) is 24.6 Å². The van der Waals surface area contributed by atoms with Crippen LogP contribution in [0.2, 0.25) is 0 Å². The van der Waals surface area contributed by atoms with Gasteiger partial charge in [-0.05, 0) is 25.0 Å². The Morgan fingerprint density at radius 1 is 1.20 bits per heavy atom. The number of nitrogens with zero attached hydrogens (tertiary/aromatic N) is 2. The lowest BCUT2D eigenvalue weighted by atomic mass is 10.2. The molecule has 1 aromatic heterocycles. The summed E-state index contributed by atoms with van der Waals surface area (Å²) in [5, 5.41) is 10.4. The van der Waals surface area contributed by atoms with Gasteiger partial charge < -0.3 is 13.9 Å². The molecule has 0 saturated heterocycles. The van der Waals surface area contributed by atoms with E-state index in [4.69, 9.17) is 13.9 Å². The maximum atomic E-state index is 12.1. The Bertz CT molecular complexity index is 805. The van der Waals surface area contributed by atoms with Crippen LogP contribution < -0.4 is 14.8 Å². The molecule has 1 atom stereocenters. The van der Waals surface area contributed by atoms with E-state index in [0.29, 0.717) is 28.5 Å². The number of imide groups is 1. The van der Waals surface area contributed by atoms with Crippen molar-refractivity contribution in [1.82, 2.24) is 15.5 Å². The number of fused-ring (bicyclic) bond motifs is 1. The summed E-state index contributed by atoms with van der Waals surface area (Å²) in [6.07, 6.45) is 1.26. The summed E-state index contributed by atoms with van der Waals surface area (Å²) in [5.41, 5.74) is 0. The summed E-state index contributed by atoms with van der Waals surface area (Å²) < 4.78 is 16.5. The number of benzene rings is 1. The maximum Gasteiger partial charge on any atom is 0.277 e. The molecule has 2 amide bonds. The zero-order valence-corrected chi connectivity index (χ0v) is 14.0. The van der Waals surface area contributed by atoms with Crippen LogP contribution in [-0.2, 0) is 9.59 Å². The first-order chi connectivity index (χ1) is 12.2. The molecular weight excluding hydrogens is 346 g/mol. The molecular formula is C16H15N3O5S. The van der Waals surface area contributed by atoms with E-state index >= 15 is 0 Å². The largest absolute Gasteiger partial charge is 0.485 e. The molecule has 1 aliphatic heterocycles. The fourth-order valence-corrected chi connectivity index (χ4v) is 2.87. The highest BCUT2D eigenvalue weighted by molar-refractivity contribution is 7.99. The molecule has 1 aromatic carbocycles. The second-order valence-electron chi connectivity index (χ2n) is 5.75. The van der Waals surface area contributed by atoms with Crippen molar-refractivity contribution in [2.45, 2.75) is 30.1 Å². The third-order valence-electron chi connectivity index (χ3n) is 3.74. The fraction of sp³-hybridized carbons (Fsp3) is 0.375. The Morgan fingerprint density at radius 3 is 2.80 bits per heavy atom. The number of thioether (sulfide) groups is 1. The average molecular weight is 361 g/mol. The van der Waals surface area contributed by atoms with Crippen LogP contribution in [0.5, 0.6) is 11.5 Å². The number of ether oxygens (including phenoxy) is 2. The van der Waals surface area contributed by atoms with Gasteiger partial charge in [-0.1, -0.05) is 23.9 Å². The highest BCUT2D eigenvalue weighted by Gasteiger charge is 2.30. The highest BCUT2D eigenvalue weighted by Crippen LogP contribution is 2.39. The number of rotatable bonds is 5. The lowest BCUT2D eigenvalue weighted by Crippen LogP contribution is -2.46. The molecule has 2 heterocycles. The van der Waals surface area contributed by atoms with E-state index in [1.807, 2.05) is 6.07 Å². The molecule has 0 spiro atoms. The molecule has 1 saturated carbocycles. The maximum absolute atomic E-state index is 12.1. The summed E-state index contributed by atoms with van der Waals surface area (Å²) in [4.78, 5) is 24.1. The molecule has 0 radical (unpaired) electrons. The van der Waals surface area contributed by atoms with Crippen LogP contribution in [-0.4, -0.2) is 40.5 Å². The smallest absolute Gasteiger partial charge is 0.277 e. The third kappa shape index (κ3) is 3.76. The molecule has 130 valence electrons. The Kier molecular flexibility index (Phi) is 4.31. The Hall–Kier alpha value is -2.55. The minimum atomic E-state index is -0.867. The van der Waals surface area contributed by atoms with Crippen molar-refractivity contribution in [3.8, 4) is 11.5 Å². The van der Waals surface area contributed by atoms with Crippen LogP contribution in [0, 0.1) is 0 Å². The first-order valence-electron chi connectivity index (χ1n) is 7.87. The summed E-state index contributed by atoms with van der Waals surface area (Å²) in [5.74, 6) is 1.05. The molecule has 4 rings (SSSR count). The van der Waals surface area contributed by atoms with Crippen molar-refractivity contribution >= 4 is 23.6 Å². The predicted octanol–water partition coefficient (Wildman–Crippen LogP) is 1.52. The lowest BCUT2D eigenvalue weighted by molar-refractivity contribution is -0.135. The van der Waals surface area contributed by atoms with Crippen LogP contribution in [0.3, 0.4) is 0 Å². The molecule has 1 unspecified atom stereocenters. The number of hydrogen-bond donors (Lipinski definition) is 1. The summed E-state index contributed by atoms with van der Waals surface area (Å²) >= 11 is 1.10.